The molecular weight excluding hydrogens is 391 g/mol. The largest absolute Gasteiger partial charge is 0.333 e. The summed E-state index contributed by atoms with van der Waals surface area (Å²) in [5, 5.41) is 1.10. The SMILES string of the molecule is NC(Cc1ccc(Cl)cc1Cl)C(=O)N1Cc2ccc(-c3ccccc3)cc2C1. The molecule has 2 N–H and O–H groups in total. The molecule has 3 aromatic rings. The van der Waals surface area contributed by atoms with Crippen molar-refractivity contribution in [3.05, 3.63) is 93.5 Å². The summed E-state index contributed by atoms with van der Waals surface area (Å²) >= 11 is 12.2. The molecule has 0 aliphatic carbocycles. The predicted octanol–water partition coefficient (Wildman–Crippen LogP) is 5.07. The monoisotopic (exact) mass is 410 g/mol. The summed E-state index contributed by atoms with van der Waals surface area (Å²) in [5.41, 5.74) is 11.7. The second-order valence-electron chi connectivity index (χ2n) is 7.09. The average Bonchev–Trinajstić information content (AvgIpc) is 3.13. The predicted molar refractivity (Wildman–Crippen MR) is 114 cm³/mol. The van der Waals surface area contributed by atoms with Gasteiger partial charge in [-0.1, -0.05) is 71.7 Å². The van der Waals surface area contributed by atoms with Crippen LogP contribution in [0, 0.1) is 0 Å². The van der Waals surface area contributed by atoms with E-state index in [1.54, 1.807) is 12.1 Å². The maximum absolute atomic E-state index is 12.9. The molecule has 0 fully saturated rings. The van der Waals surface area contributed by atoms with Crippen LogP contribution in [0.5, 0.6) is 0 Å². The molecule has 0 spiro atoms. The van der Waals surface area contributed by atoms with Crippen LogP contribution in [0.1, 0.15) is 16.7 Å². The summed E-state index contributed by atoms with van der Waals surface area (Å²) in [6.45, 7) is 1.17. The van der Waals surface area contributed by atoms with E-state index in [2.05, 4.69) is 30.3 Å². The van der Waals surface area contributed by atoms with Crippen molar-refractivity contribution in [2.45, 2.75) is 25.6 Å². The molecule has 4 rings (SSSR count). The number of amides is 1. The van der Waals surface area contributed by atoms with Crippen molar-refractivity contribution in [2.75, 3.05) is 0 Å². The molecule has 142 valence electrons. The van der Waals surface area contributed by atoms with E-state index in [0.717, 1.165) is 11.1 Å². The van der Waals surface area contributed by atoms with E-state index < -0.39 is 6.04 Å². The molecule has 0 saturated heterocycles. The Morgan fingerprint density at radius 2 is 1.68 bits per heavy atom. The molecule has 1 aliphatic rings. The van der Waals surface area contributed by atoms with Crippen LogP contribution in [0.2, 0.25) is 10.0 Å². The van der Waals surface area contributed by atoms with E-state index in [-0.39, 0.29) is 5.91 Å². The van der Waals surface area contributed by atoms with Crippen LogP contribution in [0.25, 0.3) is 11.1 Å². The van der Waals surface area contributed by atoms with Gasteiger partial charge in [-0.05, 0) is 52.4 Å². The van der Waals surface area contributed by atoms with E-state index in [9.17, 15) is 4.79 Å². The number of rotatable bonds is 4. The van der Waals surface area contributed by atoms with Crippen molar-refractivity contribution in [1.29, 1.82) is 0 Å². The molecule has 0 saturated carbocycles. The first-order valence-electron chi connectivity index (χ1n) is 9.17. The minimum atomic E-state index is -0.637. The zero-order valence-electron chi connectivity index (χ0n) is 15.2. The number of fused-ring (bicyclic) bond motifs is 1. The number of carbonyl (C=O) groups excluding carboxylic acids is 1. The van der Waals surface area contributed by atoms with Gasteiger partial charge in [0.2, 0.25) is 5.91 Å². The fourth-order valence-electron chi connectivity index (χ4n) is 3.61. The second-order valence-corrected chi connectivity index (χ2v) is 7.93. The molecule has 0 radical (unpaired) electrons. The van der Waals surface area contributed by atoms with Crippen LogP contribution in [0.4, 0.5) is 0 Å². The summed E-state index contributed by atoms with van der Waals surface area (Å²) in [7, 11) is 0. The Morgan fingerprint density at radius 3 is 2.43 bits per heavy atom. The smallest absolute Gasteiger partial charge is 0.240 e. The number of nitrogens with zero attached hydrogens (tertiary/aromatic N) is 1. The molecule has 0 aromatic heterocycles. The molecule has 1 heterocycles. The number of benzene rings is 3. The van der Waals surface area contributed by atoms with Gasteiger partial charge in [-0.3, -0.25) is 4.79 Å². The third-order valence-corrected chi connectivity index (χ3v) is 5.71. The fourth-order valence-corrected chi connectivity index (χ4v) is 4.09. The highest BCUT2D eigenvalue weighted by Gasteiger charge is 2.27. The minimum Gasteiger partial charge on any atom is -0.333 e. The highest BCUT2D eigenvalue weighted by Crippen LogP contribution is 2.29. The Hall–Kier alpha value is -2.33. The molecule has 0 bridgehead atoms. The highest BCUT2D eigenvalue weighted by atomic mass is 35.5. The quantitative estimate of drug-likeness (QED) is 0.652. The molecular formula is C23H20Cl2N2O. The van der Waals surface area contributed by atoms with Crippen LogP contribution >= 0.6 is 23.2 Å². The molecule has 3 aromatic carbocycles. The van der Waals surface area contributed by atoms with Crippen LogP contribution in [0.15, 0.2) is 66.7 Å². The van der Waals surface area contributed by atoms with Gasteiger partial charge in [-0.2, -0.15) is 0 Å². The molecule has 1 atom stereocenters. The molecule has 3 nitrogen and oxygen atoms in total. The molecule has 5 heteroatoms. The van der Waals surface area contributed by atoms with Crippen LogP contribution in [-0.4, -0.2) is 16.8 Å². The minimum absolute atomic E-state index is 0.0662. The van der Waals surface area contributed by atoms with E-state index in [1.165, 1.54) is 16.7 Å². The van der Waals surface area contributed by atoms with Crippen molar-refractivity contribution in [3.8, 4) is 11.1 Å². The van der Waals surface area contributed by atoms with Gasteiger partial charge in [-0.25, -0.2) is 0 Å². The lowest BCUT2D eigenvalue weighted by atomic mass is 10.0. The van der Waals surface area contributed by atoms with E-state index >= 15 is 0 Å². The van der Waals surface area contributed by atoms with Crippen molar-refractivity contribution in [2.24, 2.45) is 5.73 Å². The third-order valence-electron chi connectivity index (χ3n) is 5.12. The maximum Gasteiger partial charge on any atom is 0.240 e. The number of nitrogens with two attached hydrogens (primary N) is 1. The van der Waals surface area contributed by atoms with E-state index in [0.29, 0.717) is 29.6 Å². The molecule has 1 unspecified atom stereocenters. The number of halogens is 2. The summed E-state index contributed by atoms with van der Waals surface area (Å²) < 4.78 is 0. The first-order chi connectivity index (χ1) is 13.5. The number of hydrogen-bond acceptors (Lipinski definition) is 2. The zero-order chi connectivity index (χ0) is 19.7. The standard InChI is InChI=1S/C23H20Cl2N2O/c24-20-9-8-17(21(25)12-20)11-22(26)23(28)27-13-18-7-6-16(10-19(18)14-27)15-4-2-1-3-5-15/h1-10,12,22H,11,13-14,26H2. The summed E-state index contributed by atoms with van der Waals surface area (Å²) in [5.74, 6) is -0.0662. The summed E-state index contributed by atoms with van der Waals surface area (Å²) in [6.07, 6.45) is 0.386. The van der Waals surface area contributed by atoms with E-state index in [1.807, 2.05) is 29.2 Å². The van der Waals surface area contributed by atoms with Crippen LogP contribution in [-0.2, 0) is 24.3 Å². The van der Waals surface area contributed by atoms with Gasteiger partial charge in [0.1, 0.15) is 0 Å². The van der Waals surface area contributed by atoms with Crippen molar-refractivity contribution >= 4 is 29.1 Å². The second kappa shape index (κ2) is 7.96. The van der Waals surface area contributed by atoms with Gasteiger partial charge in [0, 0.05) is 23.1 Å². The maximum atomic E-state index is 12.9. The Balaban J connectivity index is 1.47. The van der Waals surface area contributed by atoms with Gasteiger partial charge in [0.15, 0.2) is 0 Å². The van der Waals surface area contributed by atoms with E-state index in [4.69, 9.17) is 28.9 Å². The normalized spacial score (nSPS) is 14.0. The Labute approximate surface area is 174 Å². The molecule has 1 amide bonds. The average molecular weight is 411 g/mol. The van der Waals surface area contributed by atoms with Gasteiger partial charge < -0.3 is 10.6 Å². The van der Waals surface area contributed by atoms with Crippen molar-refractivity contribution in [1.82, 2.24) is 4.90 Å². The van der Waals surface area contributed by atoms with Gasteiger partial charge >= 0.3 is 0 Å². The van der Waals surface area contributed by atoms with Gasteiger partial charge in [0.25, 0.3) is 0 Å². The Kier molecular flexibility index (Phi) is 5.40. The lowest BCUT2D eigenvalue weighted by Gasteiger charge is -2.20. The highest BCUT2D eigenvalue weighted by molar-refractivity contribution is 6.35. The fraction of sp³-hybridized carbons (Fsp3) is 0.174. The van der Waals surface area contributed by atoms with Crippen molar-refractivity contribution < 1.29 is 4.79 Å². The van der Waals surface area contributed by atoms with Crippen molar-refractivity contribution in [3.63, 3.8) is 0 Å². The molecule has 28 heavy (non-hydrogen) atoms. The topological polar surface area (TPSA) is 46.3 Å². The van der Waals surface area contributed by atoms with Gasteiger partial charge in [0.05, 0.1) is 6.04 Å². The van der Waals surface area contributed by atoms with Crippen LogP contribution < -0.4 is 5.73 Å². The zero-order valence-corrected chi connectivity index (χ0v) is 16.8. The Morgan fingerprint density at radius 1 is 0.929 bits per heavy atom. The lowest BCUT2D eigenvalue weighted by Crippen LogP contribution is -2.42. The van der Waals surface area contributed by atoms with Crippen LogP contribution in [0.3, 0.4) is 0 Å². The first kappa shape index (κ1) is 19.0. The lowest BCUT2D eigenvalue weighted by molar-refractivity contribution is -0.133. The summed E-state index contributed by atoms with van der Waals surface area (Å²) in [6, 6.07) is 21.2. The third kappa shape index (κ3) is 3.93. The number of hydrogen-bond donors (Lipinski definition) is 1. The van der Waals surface area contributed by atoms with Gasteiger partial charge in [-0.15, -0.1) is 0 Å². The first-order valence-corrected chi connectivity index (χ1v) is 9.92. The summed E-state index contributed by atoms with van der Waals surface area (Å²) in [4.78, 5) is 14.7. The Bertz CT molecular complexity index is 1020. The number of carbonyl (C=O) groups is 1. The molecule has 1 aliphatic heterocycles.